The number of para-hydroxylation sites is 4. The van der Waals surface area contributed by atoms with Crippen molar-refractivity contribution in [2.75, 3.05) is 39.4 Å². The van der Waals surface area contributed by atoms with Gasteiger partial charge in [0.15, 0.2) is 0 Å². The van der Waals surface area contributed by atoms with E-state index in [9.17, 15) is 42.9 Å². The zero-order chi connectivity index (χ0) is 104. The molecule has 730 valence electrons. The van der Waals surface area contributed by atoms with Crippen molar-refractivity contribution in [2.24, 2.45) is 0 Å². The minimum atomic E-state index is -3.47. The molecule has 0 aliphatic rings. The molecular weight excluding hydrogens is 1880 g/mol. The van der Waals surface area contributed by atoms with Gasteiger partial charge in [-0.1, -0.05) is 163 Å². The Morgan fingerprint density at radius 3 is 1.11 bits per heavy atom. The molecule has 20 aromatic rings. The van der Waals surface area contributed by atoms with E-state index in [0.29, 0.717) is 142 Å². The van der Waals surface area contributed by atoms with E-state index in [1.807, 2.05) is 258 Å². The fourth-order valence-corrected chi connectivity index (χ4v) is 18.2. The van der Waals surface area contributed by atoms with Crippen molar-refractivity contribution in [3.63, 3.8) is 0 Å². The summed E-state index contributed by atoms with van der Waals surface area (Å²) >= 11 is 0. The summed E-state index contributed by atoms with van der Waals surface area (Å²) < 4.78 is 43.2. The molecular formula is C114H94N24O9S. The molecule has 33 nitrogen and oxygen atoms in total. The number of rotatable bonds is 24. The molecule has 0 aliphatic heterocycles. The summed E-state index contributed by atoms with van der Waals surface area (Å²) in [5.74, 6) is 3.82. The second-order valence-corrected chi connectivity index (χ2v) is 36.4. The number of nitriles is 2. The van der Waals surface area contributed by atoms with Gasteiger partial charge >= 0.3 is 0 Å². The van der Waals surface area contributed by atoms with Crippen LogP contribution >= 0.6 is 0 Å². The maximum atomic E-state index is 14.3. The minimum Gasteiger partial charge on any atom is -0.380 e. The Hall–Kier alpha value is -19.7. The number of hydrogen-bond donors (Lipinski definition) is 6. The van der Waals surface area contributed by atoms with Crippen molar-refractivity contribution in [3.05, 3.63) is 454 Å². The Kier molecular flexibility index (Phi) is 29.8. The summed E-state index contributed by atoms with van der Waals surface area (Å²) in [7, 11) is -1.83. The van der Waals surface area contributed by atoms with Crippen molar-refractivity contribution in [2.45, 2.75) is 86.2 Å². The summed E-state index contributed by atoms with van der Waals surface area (Å²) in [6.45, 7) is 30.1. The Balaban J connectivity index is 0.000000135. The van der Waals surface area contributed by atoms with Crippen molar-refractivity contribution in [1.82, 2.24) is 73.3 Å². The number of H-pyrrole nitrogens is 1. The molecule has 20 rings (SSSR count). The van der Waals surface area contributed by atoms with Gasteiger partial charge in [0.25, 0.3) is 22.2 Å². The van der Waals surface area contributed by atoms with Gasteiger partial charge < -0.3 is 35.5 Å². The molecule has 0 spiro atoms. The van der Waals surface area contributed by atoms with Gasteiger partial charge in [0.2, 0.25) is 27.0 Å². The number of aryl methyl sites for hydroxylation is 4. The van der Waals surface area contributed by atoms with Crippen LogP contribution in [0.15, 0.2) is 345 Å². The van der Waals surface area contributed by atoms with E-state index >= 15 is 0 Å². The van der Waals surface area contributed by atoms with Crippen molar-refractivity contribution < 1.29 is 17.7 Å². The first-order valence-corrected chi connectivity index (χ1v) is 48.6. The number of aromatic amines is 1. The molecule has 11 aromatic heterocycles. The van der Waals surface area contributed by atoms with Crippen molar-refractivity contribution in [3.8, 4) is 79.4 Å². The van der Waals surface area contributed by atoms with Gasteiger partial charge in [0.1, 0.15) is 76.1 Å². The lowest BCUT2D eigenvalue weighted by Crippen LogP contribution is -2.26. The highest BCUT2D eigenvalue weighted by atomic mass is 32.2. The molecule has 0 amide bonds. The second-order valence-electron chi connectivity index (χ2n) is 34.7. The van der Waals surface area contributed by atoms with E-state index in [-0.39, 0.29) is 51.6 Å². The first-order chi connectivity index (χ1) is 71.7. The van der Waals surface area contributed by atoms with Gasteiger partial charge in [-0.3, -0.25) is 61.9 Å². The molecule has 0 aliphatic carbocycles. The predicted molar refractivity (Wildman–Crippen MR) is 575 cm³/mol. The summed E-state index contributed by atoms with van der Waals surface area (Å²) in [6.07, 6.45) is 15.3. The third kappa shape index (κ3) is 21.9. The maximum Gasteiger partial charge on any atom is 0.263 e. The Morgan fingerprint density at radius 2 is 0.757 bits per heavy atom. The van der Waals surface area contributed by atoms with Crippen LogP contribution in [0.3, 0.4) is 0 Å². The number of aromatic nitrogens is 15. The lowest BCUT2D eigenvalue weighted by molar-refractivity contribution is 0.184. The van der Waals surface area contributed by atoms with Crippen LogP contribution in [0.4, 0.5) is 40.3 Å². The largest absolute Gasteiger partial charge is 0.380 e. The van der Waals surface area contributed by atoms with Gasteiger partial charge in [0, 0.05) is 106 Å². The van der Waals surface area contributed by atoms with Crippen LogP contribution in [0.2, 0.25) is 0 Å². The normalized spacial score (nSPS) is 11.8. The van der Waals surface area contributed by atoms with Crippen LogP contribution in [-0.4, -0.2) is 95.0 Å². The third-order valence-electron chi connectivity index (χ3n) is 24.3. The topological polar surface area (TPSA) is 423 Å². The molecule has 0 unspecified atom stereocenters. The molecule has 11 heterocycles. The van der Waals surface area contributed by atoms with Gasteiger partial charge in [-0.05, 0) is 213 Å². The third-order valence-corrected chi connectivity index (χ3v) is 25.0. The number of sulfonamides is 1. The smallest absolute Gasteiger partial charge is 0.263 e. The zero-order valence-corrected chi connectivity index (χ0v) is 82.5. The number of anilines is 5. The highest BCUT2D eigenvalue weighted by Crippen LogP contribution is 2.39. The quantitative estimate of drug-likeness (QED) is 0.0306. The molecule has 0 saturated carbocycles. The maximum absolute atomic E-state index is 14.3. The number of pyridine rings is 6. The lowest BCUT2D eigenvalue weighted by Gasteiger charge is -2.22. The Bertz CT molecular complexity index is 9100. The average Bonchev–Trinajstić information content (AvgIpc) is 0.783. The molecule has 4 atom stereocenters. The van der Waals surface area contributed by atoms with E-state index in [4.69, 9.17) is 22.4 Å². The number of ether oxygens (including phenoxy) is 1. The van der Waals surface area contributed by atoms with Crippen LogP contribution < -0.4 is 53.8 Å². The number of fused-ring (bicyclic) bond motifs is 4. The monoisotopic (exact) mass is 1970 g/mol. The molecule has 0 fully saturated rings. The molecule has 0 radical (unpaired) electrons. The van der Waals surface area contributed by atoms with E-state index in [1.165, 1.54) is 37.1 Å². The number of nitrogens with one attached hydrogen (secondary N) is 6. The van der Waals surface area contributed by atoms with Crippen LogP contribution in [0.5, 0.6) is 0 Å². The van der Waals surface area contributed by atoms with Gasteiger partial charge in [-0.15, -0.1) is 0 Å². The Labute approximate surface area is 848 Å². The minimum absolute atomic E-state index is 0.149. The van der Waals surface area contributed by atoms with E-state index in [0.717, 1.165) is 78.4 Å². The van der Waals surface area contributed by atoms with Gasteiger partial charge in [-0.2, -0.15) is 10.5 Å². The van der Waals surface area contributed by atoms with E-state index < -0.39 is 16.1 Å². The summed E-state index contributed by atoms with van der Waals surface area (Å²) in [5.41, 5.74) is 13.2. The van der Waals surface area contributed by atoms with Crippen LogP contribution in [0.25, 0.3) is 120 Å². The number of benzene rings is 9. The molecule has 0 saturated heterocycles. The molecule has 0 bridgehead atoms. The lowest BCUT2D eigenvalue weighted by atomic mass is 9.97. The molecule has 9 aromatic carbocycles. The van der Waals surface area contributed by atoms with Crippen LogP contribution in [0, 0.1) is 63.5 Å². The molecule has 34 heteroatoms. The molecule has 6 N–H and O–H groups in total. The van der Waals surface area contributed by atoms with Crippen molar-refractivity contribution in [1.29, 1.82) is 10.5 Å². The summed E-state index contributed by atoms with van der Waals surface area (Å²) in [5, 5.41) is 41.4. The van der Waals surface area contributed by atoms with Crippen LogP contribution in [0.1, 0.15) is 115 Å². The van der Waals surface area contributed by atoms with E-state index in [2.05, 4.69) is 103 Å². The predicted octanol–water partition coefficient (Wildman–Crippen LogP) is 21.2. The first kappa shape index (κ1) is 99.9. The fourth-order valence-electron chi connectivity index (χ4n) is 17.7. The van der Waals surface area contributed by atoms with Crippen LogP contribution in [-0.2, 0) is 21.4 Å². The van der Waals surface area contributed by atoms with Gasteiger partial charge in [-0.25, -0.2) is 48.0 Å². The molecule has 148 heavy (non-hydrogen) atoms. The number of methoxy groups -OCH3 is 1. The standard InChI is InChI=1S/C30H26N6O3S.C30H26N6O2.C28H22N6O2.C26H20N6O2/c1-19(33-29-26(31-3)18-32-20(2)34-29)27-17-22-11-9-15-25(21-10-8-12-23(16-21)35-40(4,38)39)28(22)30(37)36(27)24-13-6-5-7-14-24;1-19(34-29-24(14-31)17-33-20(2)35-29)27-13-22-8-7-11-26(23-12-21(18-38-3)15-32-16-23)28(22)30(37)36(27)25-9-5-4-6-10-25;1-17(32-27-21(15-29)16-31-18(2)33-27)24-13-20-7-6-10-23(19-11-12-30-25(35)14-19)26(20)28(36)34(24)22-8-4-3-5-9-22;1-16(30-25-22(27-3)14-28-17(2)31-25)23-12-18-8-7-11-21(19-13-29-34-15-19)24(18)26(33)32(23)20-9-5-4-6-10-20/h5-19,35H,1-2,4H3,(H,32,33,34);4-13,15-17,19H,18H2,1-3H3,(H,33,34,35);3-14,16-17H,1-2H3,(H,30,35)(H,31,32,33);4-16H,1-2H3,(H,28,30,31)/t2*19-;17-;16-/m0000/s1. The zero-order valence-electron chi connectivity index (χ0n) is 81.7. The Morgan fingerprint density at radius 1 is 0.405 bits per heavy atom. The second kappa shape index (κ2) is 44.2. The number of nitrogens with zero attached hydrogens (tertiary/aromatic N) is 18. The highest BCUT2D eigenvalue weighted by molar-refractivity contribution is 7.92. The van der Waals surface area contributed by atoms with Gasteiger partial charge in [0.05, 0.1) is 90.3 Å². The average molecular weight is 1980 g/mol. The fraction of sp³-hybridized carbons (Fsp3) is 0.132. The van der Waals surface area contributed by atoms with Crippen molar-refractivity contribution >= 4 is 93.4 Å². The number of hydrogen-bond acceptors (Lipinski definition) is 25. The first-order valence-electron chi connectivity index (χ1n) is 46.7. The SMILES string of the molecule is COCc1cncc(-c2cccc3cc([C@H](C)Nc4nc(C)ncc4C#N)n(-c4ccccc4)c(=O)c23)c1.Cc1ncc(C#N)c(N[C@@H](C)c2cc3cccc(-c4cc[nH]c(=O)c4)c3c(=O)n2-c2ccccc2)n1.[C-]#[N+]c1cnc(C)nc1N[C@@H](C)c1cc2cccc(-c3cccc(NS(C)(=O)=O)c3)c2c(=O)n1-c1ccccc1.[C-]#[N+]c1cnc(C)nc1N[C@@H](C)c1cc2cccc(-c3cnoc3)c2c(=O)n1-c1ccccc1. The van der Waals surface area contributed by atoms with E-state index in [1.54, 1.807) is 102 Å². The highest BCUT2D eigenvalue weighted by Gasteiger charge is 2.28. The summed E-state index contributed by atoms with van der Waals surface area (Å²) in [4.78, 5) is 117. The summed E-state index contributed by atoms with van der Waals surface area (Å²) in [6, 6.07) is 83.4.